The molecule has 0 amide bonds. The minimum Gasteiger partial charge on any atom is -0.331 e. The van der Waals surface area contributed by atoms with E-state index in [0.29, 0.717) is 18.6 Å². The Morgan fingerprint density at radius 2 is 2.00 bits per heavy atom. The van der Waals surface area contributed by atoms with Gasteiger partial charge in [0.2, 0.25) is 0 Å². The van der Waals surface area contributed by atoms with Gasteiger partial charge in [0, 0.05) is 24.8 Å². The Bertz CT molecular complexity index is 404. The van der Waals surface area contributed by atoms with Gasteiger partial charge in [-0.15, -0.1) is 0 Å². The van der Waals surface area contributed by atoms with Crippen LogP contribution in [0, 0.1) is 5.92 Å². The summed E-state index contributed by atoms with van der Waals surface area (Å²) in [5, 5.41) is 0. The van der Waals surface area contributed by atoms with Gasteiger partial charge in [-0.1, -0.05) is 6.92 Å². The third-order valence-corrected chi connectivity index (χ3v) is 4.87. The molecule has 1 aromatic heterocycles. The van der Waals surface area contributed by atoms with E-state index >= 15 is 0 Å². The van der Waals surface area contributed by atoms with E-state index < -0.39 is 0 Å². The molecular weight excluding hydrogens is 248 g/mol. The monoisotopic (exact) mass is 278 g/mol. The van der Waals surface area contributed by atoms with E-state index in [1.165, 1.54) is 31.4 Å². The summed E-state index contributed by atoms with van der Waals surface area (Å²) >= 11 is 0. The minimum atomic E-state index is 0.276. The molecule has 0 radical (unpaired) electrons. The Morgan fingerprint density at radius 1 is 1.35 bits per heavy atom. The van der Waals surface area contributed by atoms with Crippen LogP contribution in [0.2, 0.25) is 0 Å². The third kappa shape index (κ3) is 3.23. The summed E-state index contributed by atoms with van der Waals surface area (Å²) in [6, 6.07) is 1.37. The molecule has 2 rings (SSSR count). The summed E-state index contributed by atoms with van der Waals surface area (Å²) in [5.41, 5.74) is 7.34. The quantitative estimate of drug-likeness (QED) is 0.900. The molecular formula is C16H30N4. The first-order valence-corrected chi connectivity index (χ1v) is 7.98. The standard InChI is InChI=1S/C16H30N4/c1-12(2)20-11-18-10-16(20)15(9-17)19(4)14-7-5-13(3)6-8-14/h10-15H,5-9,17H2,1-4H3. The van der Waals surface area contributed by atoms with Crippen LogP contribution >= 0.6 is 0 Å². The lowest BCUT2D eigenvalue weighted by Crippen LogP contribution is -2.41. The molecule has 1 aliphatic carbocycles. The molecule has 0 saturated heterocycles. The summed E-state index contributed by atoms with van der Waals surface area (Å²) in [6.45, 7) is 7.41. The Kier molecular flexibility index (Phi) is 5.22. The predicted octanol–water partition coefficient (Wildman–Crippen LogP) is 2.97. The van der Waals surface area contributed by atoms with Crippen LogP contribution in [0.3, 0.4) is 0 Å². The van der Waals surface area contributed by atoms with E-state index in [-0.39, 0.29) is 6.04 Å². The van der Waals surface area contributed by atoms with Gasteiger partial charge in [-0.05, 0) is 52.5 Å². The fraction of sp³-hybridized carbons (Fsp3) is 0.812. The van der Waals surface area contributed by atoms with Gasteiger partial charge in [0.05, 0.1) is 18.1 Å². The minimum absolute atomic E-state index is 0.276. The Balaban J connectivity index is 2.12. The molecule has 2 N–H and O–H groups in total. The van der Waals surface area contributed by atoms with Crippen molar-refractivity contribution in [3.63, 3.8) is 0 Å². The molecule has 20 heavy (non-hydrogen) atoms. The first-order valence-electron chi connectivity index (χ1n) is 7.98. The smallest absolute Gasteiger partial charge is 0.0951 e. The van der Waals surface area contributed by atoms with Gasteiger partial charge in [0.15, 0.2) is 0 Å². The third-order valence-electron chi connectivity index (χ3n) is 4.87. The van der Waals surface area contributed by atoms with Crippen LogP contribution in [0.15, 0.2) is 12.5 Å². The molecule has 1 aromatic rings. The summed E-state index contributed by atoms with van der Waals surface area (Å²) < 4.78 is 2.25. The number of imidazole rings is 1. The molecule has 1 aliphatic rings. The lowest BCUT2D eigenvalue weighted by atomic mass is 9.86. The van der Waals surface area contributed by atoms with Gasteiger partial charge < -0.3 is 10.3 Å². The number of hydrogen-bond donors (Lipinski definition) is 1. The highest BCUT2D eigenvalue weighted by Crippen LogP contribution is 2.31. The Hall–Kier alpha value is -0.870. The van der Waals surface area contributed by atoms with Gasteiger partial charge in [0.1, 0.15) is 0 Å². The zero-order valence-electron chi connectivity index (χ0n) is 13.4. The molecule has 0 spiro atoms. The normalized spacial score (nSPS) is 25.4. The number of hydrogen-bond acceptors (Lipinski definition) is 3. The van der Waals surface area contributed by atoms with Gasteiger partial charge >= 0.3 is 0 Å². The Morgan fingerprint density at radius 3 is 2.55 bits per heavy atom. The van der Waals surface area contributed by atoms with Crippen molar-refractivity contribution in [3.05, 3.63) is 18.2 Å². The van der Waals surface area contributed by atoms with E-state index in [9.17, 15) is 0 Å². The van der Waals surface area contributed by atoms with Crippen molar-refractivity contribution >= 4 is 0 Å². The SMILES string of the molecule is CC1CCC(N(C)C(CN)c2cncn2C(C)C)CC1. The number of nitrogens with two attached hydrogens (primary N) is 1. The van der Waals surface area contributed by atoms with Crippen molar-refractivity contribution in [3.8, 4) is 0 Å². The van der Waals surface area contributed by atoms with E-state index in [4.69, 9.17) is 5.73 Å². The molecule has 1 unspecified atom stereocenters. The Labute approximate surface area is 123 Å². The lowest BCUT2D eigenvalue weighted by Gasteiger charge is -2.38. The number of likely N-dealkylation sites (N-methyl/N-ethyl adjacent to an activating group) is 1. The largest absolute Gasteiger partial charge is 0.331 e. The second-order valence-corrected chi connectivity index (χ2v) is 6.65. The van der Waals surface area contributed by atoms with Crippen molar-refractivity contribution in [2.24, 2.45) is 11.7 Å². The molecule has 1 saturated carbocycles. The zero-order valence-corrected chi connectivity index (χ0v) is 13.4. The van der Waals surface area contributed by atoms with Crippen molar-refractivity contribution in [1.82, 2.24) is 14.5 Å². The molecule has 1 atom stereocenters. The van der Waals surface area contributed by atoms with Gasteiger partial charge in [-0.25, -0.2) is 4.98 Å². The maximum absolute atomic E-state index is 6.09. The molecule has 4 nitrogen and oxygen atoms in total. The van der Waals surface area contributed by atoms with Crippen molar-refractivity contribution in [1.29, 1.82) is 0 Å². The lowest BCUT2D eigenvalue weighted by molar-refractivity contribution is 0.121. The van der Waals surface area contributed by atoms with Crippen LogP contribution in [-0.2, 0) is 0 Å². The van der Waals surface area contributed by atoms with E-state index in [1.807, 2.05) is 12.5 Å². The van der Waals surface area contributed by atoms with Crippen molar-refractivity contribution in [2.45, 2.75) is 64.6 Å². The average molecular weight is 278 g/mol. The van der Waals surface area contributed by atoms with Crippen molar-refractivity contribution < 1.29 is 0 Å². The van der Waals surface area contributed by atoms with Crippen molar-refractivity contribution in [2.75, 3.05) is 13.6 Å². The maximum Gasteiger partial charge on any atom is 0.0951 e. The topological polar surface area (TPSA) is 47.1 Å². The summed E-state index contributed by atoms with van der Waals surface area (Å²) in [5.74, 6) is 0.886. The molecule has 0 aliphatic heterocycles. The average Bonchev–Trinajstić information content (AvgIpc) is 2.89. The van der Waals surface area contributed by atoms with Crippen LogP contribution in [0.5, 0.6) is 0 Å². The van der Waals surface area contributed by atoms with Crippen LogP contribution in [-0.4, -0.2) is 34.1 Å². The molecule has 1 heterocycles. The number of nitrogens with zero attached hydrogens (tertiary/aromatic N) is 3. The predicted molar refractivity (Wildman–Crippen MR) is 83.6 cm³/mol. The van der Waals surface area contributed by atoms with Crippen LogP contribution in [0.1, 0.15) is 64.2 Å². The molecule has 0 bridgehead atoms. The summed E-state index contributed by atoms with van der Waals surface area (Å²) in [4.78, 5) is 6.82. The van der Waals surface area contributed by atoms with Gasteiger partial charge in [0.25, 0.3) is 0 Å². The molecule has 1 fully saturated rings. The highest BCUT2D eigenvalue weighted by molar-refractivity contribution is 5.08. The summed E-state index contributed by atoms with van der Waals surface area (Å²) in [6.07, 6.45) is 9.19. The molecule has 0 aromatic carbocycles. The first-order chi connectivity index (χ1) is 9.54. The highest BCUT2D eigenvalue weighted by Gasteiger charge is 2.28. The number of rotatable bonds is 5. The van der Waals surface area contributed by atoms with Gasteiger partial charge in [-0.3, -0.25) is 4.90 Å². The fourth-order valence-corrected chi connectivity index (χ4v) is 3.40. The van der Waals surface area contributed by atoms with Crippen LogP contribution in [0.25, 0.3) is 0 Å². The van der Waals surface area contributed by atoms with E-state index in [0.717, 1.165) is 5.92 Å². The summed E-state index contributed by atoms with van der Waals surface area (Å²) in [7, 11) is 2.23. The maximum atomic E-state index is 6.09. The van der Waals surface area contributed by atoms with Gasteiger partial charge in [-0.2, -0.15) is 0 Å². The van der Waals surface area contributed by atoms with Crippen LogP contribution in [0.4, 0.5) is 0 Å². The first kappa shape index (κ1) is 15.5. The van der Waals surface area contributed by atoms with E-state index in [1.54, 1.807) is 0 Å². The molecule has 114 valence electrons. The highest BCUT2D eigenvalue weighted by atomic mass is 15.2. The zero-order chi connectivity index (χ0) is 14.7. The second-order valence-electron chi connectivity index (χ2n) is 6.65. The molecule has 4 heteroatoms. The number of aromatic nitrogens is 2. The fourth-order valence-electron chi connectivity index (χ4n) is 3.40. The second kappa shape index (κ2) is 6.72. The van der Waals surface area contributed by atoms with E-state index in [2.05, 4.69) is 42.3 Å². The van der Waals surface area contributed by atoms with Crippen LogP contribution < -0.4 is 5.73 Å².